The van der Waals surface area contributed by atoms with Gasteiger partial charge in [0.25, 0.3) is 5.91 Å². The molecule has 180 valence electrons. The minimum absolute atomic E-state index is 0. The Bertz CT molecular complexity index is 928. The number of hydrogen-bond acceptors (Lipinski definition) is 4. The molecule has 1 aromatic carbocycles. The number of carbonyl (C=O) groups is 1. The Morgan fingerprint density at radius 1 is 1.12 bits per heavy atom. The minimum Gasteiger partial charge on any atom is -0.368 e. The first-order valence-electron chi connectivity index (χ1n) is 11.0. The normalized spacial score (nSPS) is 21.0. The van der Waals surface area contributed by atoms with Gasteiger partial charge in [-0.05, 0) is 44.0 Å². The zero-order valence-corrected chi connectivity index (χ0v) is 18.1. The van der Waals surface area contributed by atoms with Crippen molar-refractivity contribution in [2.45, 2.75) is 51.5 Å². The molecule has 0 bridgehead atoms. The minimum atomic E-state index is -4.43. The maximum atomic E-state index is 13.0. The van der Waals surface area contributed by atoms with Gasteiger partial charge in [-0.1, -0.05) is 31.7 Å². The Morgan fingerprint density at radius 2 is 1.82 bits per heavy atom. The highest BCUT2D eigenvalue weighted by molar-refractivity contribution is 5.94. The van der Waals surface area contributed by atoms with Crippen LogP contribution in [-0.2, 0) is 17.3 Å². The van der Waals surface area contributed by atoms with Crippen molar-refractivity contribution in [3.8, 4) is 0 Å². The molecule has 1 amide bonds. The van der Waals surface area contributed by atoms with Crippen LogP contribution in [0.3, 0.4) is 0 Å². The van der Waals surface area contributed by atoms with Gasteiger partial charge in [-0.2, -0.15) is 13.2 Å². The largest absolute Gasteiger partial charge is 0.433 e. The number of rotatable bonds is 4. The van der Waals surface area contributed by atoms with Crippen molar-refractivity contribution in [1.29, 1.82) is 0 Å². The summed E-state index contributed by atoms with van der Waals surface area (Å²) in [6.07, 6.45) is -2.44. The second-order valence-corrected chi connectivity index (χ2v) is 8.77. The summed E-state index contributed by atoms with van der Waals surface area (Å²) in [5.74, 6) is 0.0261. The molecule has 1 aromatic heterocycles. The van der Waals surface area contributed by atoms with Crippen molar-refractivity contribution in [3.63, 3.8) is 0 Å². The quantitative estimate of drug-likeness (QED) is 0.661. The van der Waals surface area contributed by atoms with Crippen LogP contribution in [0.25, 0.3) is 0 Å². The molecule has 3 heterocycles. The first-order valence-corrected chi connectivity index (χ1v) is 11.0. The van der Waals surface area contributed by atoms with E-state index in [4.69, 9.17) is 4.74 Å². The molecule has 2 saturated heterocycles. The molecule has 2 aliphatic rings. The van der Waals surface area contributed by atoms with Gasteiger partial charge < -0.3 is 14.5 Å². The van der Waals surface area contributed by atoms with Crippen molar-refractivity contribution in [2.24, 2.45) is 0 Å². The van der Waals surface area contributed by atoms with Gasteiger partial charge >= 0.3 is 6.18 Å². The Hall–Kier alpha value is -2.45. The van der Waals surface area contributed by atoms with Crippen molar-refractivity contribution in [3.05, 3.63) is 65.5 Å². The van der Waals surface area contributed by atoms with E-state index in [1.165, 1.54) is 6.07 Å². The van der Waals surface area contributed by atoms with E-state index in [1.807, 2.05) is 42.2 Å². The topological polar surface area (TPSA) is 45.7 Å². The predicted octanol–water partition coefficient (Wildman–Crippen LogP) is 4.67. The molecule has 1 atom stereocenters. The molecule has 2 aromatic rings. The Labute approximate surface area is 193 Å². The lowest BCUT2D eigenvalue weighted by Crippen LogP contribution is -2.60. The molecule has 8 heteroatoms. The van der Waals surface area contributed by atoms with Crippen LogP contribution in [0.2, 0.25) is 0 Å². The van der Waals surface area contributed by atoms with Crippen LogP contribution in [0, 0.1) is 0 Å². The van der Waals surface area contributed by atoms with Gasteiger partial charge in [-0.15, -0.1) is 0 Å². The number of piperidine rings is 1. The molecule has 0 aliphatic carbocycles. The van der Waals surface area contributed by atoms with Gasteiger partial charge in [-0.25, -0.2) is 4.98 Å². The SMILES string of the molecule is C.CC1CN(C(=O)c2ccccc2)CC2(CCN(CCc3cccc(C(F)(F)F)n3)CC2)O1. The second kappa shape index (κ2) is 10.2. The van der Waals surface area contributed by atoms with Crippen LogP contribution < -0.4 is 0 Å². The molecule has 5 nitrogen and oxygen atoms in total. The standard InChI is InChI=1S/C24H28F3N3O2.CH4/c1-18-16-30(22(31)19-6-3-2-4-7-19)17-23(32-18)11-14-29(15-12-23)13-10-20-8-5-9-21(28-20)24(25,26)27;/h2-9,18H,10-17H2,1H3;1H4. The monoisotopic (exact) mass is 463 g/mol. The number of aromatic nitrogens is 1. The summed E-state index contributed by atoms with van der Waals surface area (Å²) in [6, 6.07) is 13.3. The highest BCUT2D eigenvalue weighted by atomic mass is 19.4. The fraction of sp³-hybridized carbons (Fsp3) is 0.520. The fourth-order valence-electron chi connectivity index (χ4n) is 4.65. The highest BCUT2D eigenvalue weighted by Gasteiger charge is 2.43. The lowest BCUT2D eigenvalue weighted by molar-refractivity contribution is -0.161. The van der Waals surface area contributed by atoms with E-state index in [-0.39, 0.29) is 25.0 Å². The summed E-state index contributed by atoms with van der Waals surface area (Å²) < 4.78 is 45.0. The average Bonchev–Trinajstić information content (AvgIpc) is 2.78. The van der Waals surface area contributed by atoms with E-state index in [0.29, 0.717) is 37.3 Å². The Kier molecular flexibility index (Phi) is 7.80. The molecular weight excluding hydrogens is 431 g/mol. The summed E-state index contributed by atoms with van der Waals surface area (Å²) in [4.78, 5) is 20.9. The summed E-state index contributed by atoms with van der Waals surface area (Å²) in [7, 11) is 0. The number of likely N-dealkylation sites (tertiary alicyclic amines) is 1. The van der Waals surface area contributed by atoms with E-state index in [2.05, 4.69) is 9.88 Å². The van der Waals surface area contributed by atoms with Gasteiger partial charge in [0.1, 0.15) is 5.69 Å². The van der Waals surface area contributed by atoms with Crippen molar-refractivity contribution < 1.29 is 22.7 Å². The van der Waals surface area contributed by atoms with Crippen LogP contribution in [0.1, 0.15) is 48.9 Å². The maximum Gasteiger partial charge on any atom is 0.433 e. The van der Waals surface area contributed by atoms with Gasteiger partial charge in [-0.3, -0.25) is 4.79 Å². The van der Waals surface area contributed by atoms with E-state index < -0.39 is 11.9 Å². The van der Waals surface area contributed by atoms with E-state index in [1.54, 1.807) is 6.07 Å². The van der Waals surface area contributed by atoms with Crippen LogP contribution in [0.4, 0.5) is 13.2 Å². The predicted molar refractivity (Wildman–Crippen MR) is 121 cm³/mol. The molecule has 0 radical (unpaired) electrons. The molecule has 33 heavy (non-hydrogen) atoms. The number of nitrogens with zero attached hydrogens (tertiary/aromatic N) is 3. The molecule has 2 aliphatic heterocycles. The number of amides is 1. The molecule has 1 spiro atoms. The summed E-state index contributed by atoms with van der Waals surface area (Å²) in [6.45, 7) is 5.33. The van der Waals surface area contributed by atoms with Crippen LogP contribution >= 0.6 is 0 Å². The maximum absolute atomic E-state index is 13.0. The van der Waals surface area contributed by atoms with Crippen molar-refractivity contribution in [2.75, 3.05) is 32.7 Å². The number of carbonyl (C=O) groups excluding carboxylic acids is 1. The third-order valence-electron chi connectivity index (χ3n) is 6.26. The van der Waals surface area contributed by atoms with Gasteiger partial charge in [0.05, 0.1) is 18.2 Å². The third-order valence-corrected chi connectivity index (χ3v) is 6.26. The number of ether oxygens (including phenoxy) is 1. The zero-order chi connectivity index (χ0) is 22.8. The number of morpholine rings is 1. The number of halogens is 3. The zero-order valence-electron chi connectivity index (χ0n) is 18.1. The first-order chi connectivity index (χ1) is 15.2. The molecular formula is C25H32F3N3O2. The summed E-state index contributed by atoms with van der Waals surface area (Å²) in [5, 5.41) is 0. The molecule has 0 saturated carbocycles. The molecule has 0 N–H and O–H groups in total. The van der Waals surface area contributed by atoms with Crippen LogP contribution in [-0.4, -0.2) is 65.1 Å². The average molecular weight is 464 g/mol. The molecule has 1 unspecified atom stereocenters. The smallest absolute Gasteiger partial charge is 0.368 e. The Balaban J connectivity index is 0.00000306. The Morgan fingerprint density at radius 3 is 2.48 bits per heavy atom. The van der Waals surface area contributed by atoms with Crippen LogP contribution in [0.15, 0.2) is 48.5 Å². The number of alkyl halides is 3. The molecule has 4 rings (SSSR count). The fourth-order valence-corrected chi connectivity index (χ4v) is 4.65. The lowest BCUT2D eigenvalue weighted by atomic mass is 9.88. The van der Waals surface area contributed by atoms with Gasteiger partial charge in [0.15, 0.2) is 0 Å². The van der Waals surface area contributed by atoms with E-state index >= 15 is 0 Å². The summed E-state index contributed by atoms with van der Waals surface area (Å²) in [5.41, 5.74) is -0.0852. The van der Waals surface area contributed by atoms with E-state index in [9.17, 15) is 18.0 Å². The first kappa shape index (κ1) is 25.2. The number of benzene rings is 1. The lowest BCUT2D eigenvalue weighted by Gasteiger charge is -2.49. The van der Waals surface area contributed by atoms with Crippen LogP contribution in [0.5, 0.6) is 0 Å². The van der Waals surface area contributed by atoms with Gasteiger partial charge in [0, 0.05) is 43.9 Å². The number of hydrogen-bond donors (Lipinski definition) is 0. The summed E-state index contributed by atoms with van der Waals surface area (Å²) >= 11 is 0. The molecule has 2 fully saturated rings. The second-order valence-electron chi connectivity index (χ2n) is 8.77. The van der Waals surface area contributed by atoms with Crippen molar-refractivity contribution in [1.82, 2.24) is 14.8 Å². The van der Waals surface area contributed by atoms with Crippen molar-refractivity contribution >= 4 is 5.91 Å². The third kappa shape index (κ3) is 6.12. The van der Waals surface area contributed by atoms with Gasteiger partial charge in [0.2, 0.25) is 0 Å². The highest BCUT2D eigenvalue weighted by Crippen LogP contribution is 2.33. The number of pyridine rings is 1. The van der Waals surface area contributed by atoms with E-state index in [0.717, 1.165) is 32.0 Å².